The second-order valence-corrected chi connectivity index (χ2v) is 7.61. The van der Waals surface area contributed by atoms with Gasteiger partial charge in [0.25, 0.3) is 0 Å². The molecule has 4 atom stereocenters. The third kappa shape index (κ3) is 6.61. The topological polar surface area (TPSA) is 29.1 Å². The summed E-state index contributed by atoms with van der Waals surface area (Å²) in [5.41, 5.74) is 0.180. The van der Waals surface area contributed by atoms with Crippen LogP contribution in [0.25, 0.3) is 0 Å². The Labute approximate surface area is 134 Å². The molecule has 0 radical (unpaired) electrons. The van der Waals surface area contributed by atoms with Crippen LogP contribution in [0, 0.1) is 23.2 Å². The zero-order chi connectivity index (χ0) is 16.5. The molecule has 0 saturated carbocycles. The second-order valence-electron chi connectivity index (χ2n) is 6.70. The number of allylic oxidation sites excluding steroid dienone is 2. The number of nitrogens with one attached hydrogen (secondary N) is 1. The minimum absolute atomic E-state index is 0.180. The van der Waals surface area contributed by atoms with E-state index < -0.39 is 0 Å². The lowest BCUT2D eigenvalue weighted by Crippen LogP contribution is -2.44. The summed E-state index contributed by atoms with van der Waals surface area (Å²) < 4.78 is 0. The van der Waals surface area contributed by atoms with Crippen LogP contribution in [0.5, 0.6) is 0 Å². The first kappa shape index (κ1) is 20.8. The zero-order valence-electron chi connectivity index (χ0n) is 14.8. The number of carbonyl (C=O) groups is 1. The van der Waals surface area contributed by atoms with Crippen molar-refractivity contribution in [3.63, 3.8) is 0 Å². The summed E-state index contributed by atoms with van der Waals surface area (Å²) in [5.74, 6) is 2.40. The van der Waals surface area contributed by atoms with E-state index >= 15 is 0 Å². The van der Waals surface area contributed by atoms with Gasteiger partial charge in [-0.1, -0.05) is 44.0 Å². The highest BCUT2D eigenvalue weighted by Gasteiger charge is 2.32. The molecule has 0 saturated heterocycles. The predicted molar refractivity (Wildman–Crippen MR) is 97.3 cm³/mol. The van der Waals surface area contributed by atoms with E-state index in [0.717, 1.165) is 19.3 Å². The van der Waals surface area contributed by atoms with E-state index in [1.54, 1.807) is 0 Å². The van der Waals surface area contributed by atoms with Gasteiger partial charge in [-0.05, 0) is 32.9 Å². The lowest BCUT2D eigenvalue weighted by molar-refractivity contribution is -0.109. The van der Waals surface area contributed by atoms with Gasteiger partial charge in [-0.3, -0.25) is 0 Å². The van der Waals surface area contributed by atoms with Crippen molar-refractivity contribution in [3.8, 4) is 0 Å². The van der Waals surface area contributed by atoms with Gasteiger partial charge < -0.3 is 16.0 Å². The Hall–Kier alpha value is -0.200. The van der Waals surface area contributed by atoms with Crippen molar-refractivity contribution < 1.29 is 4.79 Å². The van der Waals surface area contributed by atoms with Crippen molar-refractivity contribution in [1.29, 1.82) is 0 Å². The van der Waals surface area contributed by atoms with E-state index in [9.17, 15) is 4.79 Å². The number of rotatable bonds is 11. The molecule has 0 aromatic carbocycles. The Kier molecular flexibility index (Phi) is 10.4. The highest BCUT2D eigenvalue weighted by atomic mass is 31.0. The first-order chi connectivity index (χ1) is 9.81. The SMILES string of the molecule is CNCC(CCC/C=C(\C)P)([C-](C)C)C(C)C(C)CC=O. The molecule has 0 fully saturated rings. The summed E-state index contributed by atoms with van der Waals surface area (Å²) in [4.78, 5) is 10.9. The van der Waals surface area contributed by atoms with E-state index in [2.05, 4.69) is 55.3 Å². The molecule has 21 heavy (non-hydrogen) atoms. The number of hydrogen-bond donors (Lipinski definition) is 1. The molecular weight excluding hydrogens is 277 g/mol. The van der Waals surface area contributed by atoms with Gasteiger partial charge in [-0.15, -0.1) is 14.7 Å². The van der Waals surface area contributed by atoms with E-state index in [-0.39, 0.29) is 5.41 Å². The van der Waals surface area contributed by atoms with Gasteiger partial charge in [-0.25, -0.2) is 0 Å². The maximum atomic E-state index is 10.9. The van der Waals surface area contributed by atoms with Crippen molar-refractivity contribution >= 4 is 15.5 Å². The quantitative estimate of drug-likeness (QED) is 0.261. The Morgan fingerprint density at radius 3 is 2.43 bits per heavy atom. The lowest BCUT2D eigenvalue weighted by Gasteiger charge is -2.55. The lowest BCUT2D eigenvalue weighted by atomic mass is 9.61. The van der Waals surface area contributed by atoms with Crippen LogP contribution in [0.15, 0.2) is 11.4 Å². The van der Waals surface area contributed by atoms with Crippen LogP contribution in [-0.4, -0.2) is 19.9 Å². The first-order valence-electron chi connectivity index (χ1n) is 8.13. The normalized spacial score (nSPS) is 18.4. The standard InChI is InChI=1S/C18H35NOP/c1-14(2)18(13-19-6,11-8-7-9-16(4)21)17(5)15(3)10-12-20/h9,12,15,17,19H,7-8,10-11,13,21H2,1-6H3/q-1/b16-9+. The number of hydrogen-bond acceptors (Lipinski definition) is 2. The summed E-state index contributed by atoms with van der Waals surface area (Å²) in [6.07, 6.45) is 7.51. The van der Waals surface area contributed by atoms with Crippen LogP contribution in [0.2, 0.25) is 0 Å². The van der Waals surface area contributed by atoms with Crippen molar-refractivity contribution in [2.24, 2.45) is 17.3 Å². The summed E-state index contributed by atoms with van der Waals surface area (Å²) in [5, 5.41) is 4.70. The van der Waals surface area contributed by atoms with Gasteiger partial charge in [0.15, 0.2) is 0 Å². The number of aldehydes is 1. The molecule has 0 aliphatic carbocycles. The molecule has 0 aromatic heterocycles. The predicted octanol–water partition coefficient (Wildman–Crippen LogP) is 4.62. The summed E-state index contributed by atoms with van der Waals surface area (Å²) in [6, 6.07) is 0. The molecule has 0 bridgehead atoms. The average Bonchev–Trinajstić information content (AvgIpc) is 2.41. The molecule has 0 aliphatic heterocycles. The van der Waals surface area contributed by atoms with E-state index in [1.165, 1.54) is 24.1 Å². The van der Waals surface area contributed by atoms with Crippen LogP contribution < -0.4 is 5.32 Å². The van der Waals surface area contributed by atoms with Crippen LogP contribution in [0.4, 0.5) is 0 Å². The smallest absolute Gasteiger partial charge is 0.120 e. The molecule has 3 heteroatoms. The van der Waals surface area contributed by atoms with Gasteiger partial charge in [0, 0.05) is 6.42 Å². The molecule has 124 valence electrons. The van der Waals surface area contributed by atoms with E-state index in [4.69, 9.17) is 0 Å². The van der Waals surface area contributed by atoms with Gasteiger partial charge >= 0.3 is 0 Å². The van der Waals surface area contributed by atoms with Crippen LogP contribution in [0.1, 0.15) is 60.3 Å². The average molecular weight is 312 g/mol. The van der Waals surface area contributed by atoms with Gasteiger partial charge in [0.2, 0.25) is 0 Å². The van der Waals surface area contributed by atoms with Crippen molar-refractivity contribution in [3.05, 3.63) is 17.3 Å². The maximum Gasteiger partial charge on any atom is 0.120 e. The van der Waals surface area contributed by atoms with Crippen LogP contribution >= 0.6 is 9.24 Å². The van der Waals surface area contributed by atoms with Crippen LogP contribution in [-0.2, 0) is 4.79 Å². The molecule has 0 heterocycles. The molecule has 1 N–H and O–H groups in total. The highest BCUT2D eigenvalue weighted by molar-refractivity contribution is 7.22. The molecule has 0 aromatic rings. The summed E-state index contributed by atoms with van der Waals surface area (Å²) in [7, 11) is 4.78. The van der Waals surface area contributed by atoms with Gasteiger partial charge in [0.05, 0.1) is 0 Å². The van der Waals surface area contributed by atoms with Crippen LogP contribution in [0.3, 0.4) is 0 Å². The minimum atomic E-state index is 0.180. The summed E-state index contributed by atoms with van der Waals surface area (Å²) >= 11 is 0. The molecule has 0 amide bonds. The zero-order valence-corrected chi connectivity index (χ0v) is 16.0. The molecule has 0 rings (SSSR count). The fraction of sp³-hybridized carbons (Fsp3) is 0.778. The summed E-state index contributed by atoms with van der Waals surface area (Å²) in [6.45, 7) is 12.1. The Bertz CT molecular complexity index is 323. The third-order valence-electron chi connectivity index (χ3n) is 4.97. The second kappa shape index (κ2) is 10.5. The Morgan fingerprint density at radius 2 is 2.00 bits per heavy atom. The van der Waals surface area contributed by atoms with Gasteiger partial charge in [-0.2, -0.15) is 13.8 Å². The van der Waals surface area contributed by atoms with E-state index in [0.29, 0.717) is 18.3 Å². The monoisotopic (exact) mass is 312 g/mol. The minimum Gasteiger partial charge on any atom is -0.322 e. The fourth-order valence-corrected chi connectivity index (χ4v) is 3.49. The molecular formula is C18H35NOP-. The third-order valence-corrected chi connectivity index (χ3v) is 5.21. The fourth-order valence-electron chi connectivity index (χ4n) is 3.32. The number of carbonyl (C=O) groups excluding carboxylic acids is 1. The largest absolute Gasteiger partial charge is 0.322 e. The first-order valence-corrected chi connectivity index (χ1v) is 8.70. The van der Waals surface area contributed by atoms with E-state index in [1.807, 2.05) is 7.05 Å². The van der Waals surface area contributed by atoms with Crippen molar-refractivity contribution in [1.82, 2.24) is 5.32 Å². The molecule has 0 aliphatic rings. The van der Waals surface area contributed by atoms with Gasteiger partial charge in [0.1, 0.15) is 6.29 Å². The molecule has 0 spiro atoms. The van der Waals surface area contributed by atoms with Crippen molar-refractivity contribution in [2.45, 2.75) is 60.3 Å². The Morgan fingerprint density at radius 1 is 1.38 bits per heavy atom. The number of unbranched alkanes of at least 4 members (excludes halogenated alkanes) is 1. The molecule has 2 nitrogen and oxygen atoms in total. The highest BCUT2D eigenvalue weighted by Crippen LogP contribution is 2.45. The maximum absolute atomic E-state index is 10.9. The molecule has 4 unspecified atom stereocenters. The Balaban J connectivity index is 5.05. The van der Waals surface area contributed by atoms with Crippen molar-refractivity contribution in [2.75, 3.05) is 13.6 Å².